The van der Waals surface area contributed by atoms with Gasteiger partial charge in [0.2, 0.25) is 0 Å². The van der Waals surface area contributed by atoms with Crippen molar-refractivity contribution in [3.8, 4) is 0 Å². The number of anilines is 1. The molecule has 2 aromatic carbocycles. The van der Waals surface area contributed by atoms with E-state index in [2.05, 4.69) is 38.1 Å². The zero-order valence-electron chi connectivity index (χ0n) is 10.9. The second-order valence-corrected chi connectivity index (χ2v) is 4.97. The topological polar surface area (TPSA) is 52.0 Å². The first kappa shape index (κ1) is 12.7. The van der Waals surface area contributed by atoms with Crippen LogP contribution >= 0.6 is 0 Å². The van der Waals surface area contributed by atoms with E-state index in [1.807, 2.05) is 24.3 Å². The summed E-state index contributed by atoms with van der Waals surface area (Å²) in [6.07, 6.45) is 0. The van der Waals surface area contributed by atoms with Crippen LogP contribution in [-0.2, 0) is 0 Å². The molecule has 0 heterocycles. The van der Waals surface area contributed by atoms with Crippen LogP contribution in [0.15, 0.2) is 48.5 Å². The predicted octanol–water partition coefficient (Wildman–Crippen LogP) is 3.44. The highest BCUT2D eigenvalue weighted by molar-refractivity contribution is 5.42. The molecule has 1 atom stereocenters. The van der Waals surface area contributed by atoms with Crippen molar-refractivity contribution in [2.24, 2.45) is 5.73 Å². The average Bonchev–Trinajstić information content (AvgIpc) is 2.39. The van der Waals surface area contributed by atoms with Crippen molar-refractivity contribution >= 4 is 5.69 Å². The number of nitrogen functional groups attached to an aromatic ring is 1. The fourth-order valence-corrected chi connectivity index (χ4v) is 1.98. The van der Waals surface area contributed by atoms with Gasteiger partial charge < -0.3 is 11.5 Å². The highest BCUT2D eigenvalue weighted by Crippen LogP contribution is 2.22. The van der Waals surface area contributed by atoms with Crippen molar-refractivity contribution in [1.29, 1.82) is 0 Å². The summed E-state index contributed by atoms with van der Waals surface area (Å²) in [6.45, 7) is 4.38. The summed E-state index contributed by atoms with van der Waals surface area (Å²) >= 11 is 0. The molecule has 94 valence electrons. The molecule has 0 spiro atoms. The van der Waals surface area contributed by atoms with E-state index in [0.717, 1.165) is 16.8 Å². The van der Waals surface area contributed by atoms with Crippen molar-refractivity contribution in [3.05, 3.63) is 65.2 Å². The Morgan fingerprint density at radius 2 is 1.11 bits per heavy atom. The van der Waals surface area contributed by atoms with E-state index in [-0.39, 0.29) is 6.04 Å². The van der Waals surface area contributed by atoms with Gasteiger partial charge in [0.15, 0.2) is 0 Å². The average molecular weight is 240 g/mol. The maximum Gasteiger partial charge on any atom is 0.0551 e. The number of rotatable bonds is 3. The molecule has 0 aliphatic carbocycles. The van der Waals surface area contributed by atoms with Crippen LogP contribution in [0.4, 0.5) is 5.69 Å². The minimum Gasteiger partial charge on any atom is -0.399 e. The summed E-state index contributed by atoms with van der Waals surface area (Å²) in [7, 11) is 0. The molecule has 0 aliphatic heterocycles. The molecule has 0 aromatic heterocycles. The lowest BCUT2D eigenvalue weighted by molar-refractivity contribution is 0.847. The van der Waals surface area contributed by atoms with Gasteiger partial charge in [-0.25, -0.2) is 0 Å². The summed E-state index contributed by atoms with van der Waals surface area (Å²) in [5, 5.41) is 0. The molecule has 2 aromatic rings. The normalized spacial score (nSPS) is 12.7. The van der Waals surface area contributed by atoms with Gasteiger partial charge in [-0.05, 0) is 34.7 Å². The van der Waals surface area contributed by atoms with E-state index in [1.165, 1.54) is 5.56 Å². The molecular formula is C16H20N2. The minimum absolute atomic E-state index is 0.0909. The van der Waals surface area contributed by atoms with Crippen LogP contribution in [0.2, 0.25) is 0 Å². The third-order valence-corrected chi connectivity index (χ3v) is 3.26. The zero-order chi connectivity index (χ0) is 13.1. The third-order valence-electron chi connectivity index (χ3n) is 3.26. The van der Waals surface area contributed by atoms with Gasteiger partial charge in [-0.15, -0.1) is 0 Å². The molecule has 0 amide bonds. The first-order valence-corrected chi connectivity index (χ1v) is 6.29. The summed E-state index contributed by atoms with van der Waals surface area (Å²) in [5.74, 6) is 0.548. The summed E-state index contributed by atoms with van der Waals surface area (Å²) in [6, 6.07) is 16.2. The van der Waals surface area contributed by atoms with E-state index >= 15 is 0 Å². The maximum absolute atomic E-state index is 6.25. The molecule has 4 N–H and O–H groups in total. The van der Waals surface area contributed by atoms with Gasteiger partial charge in [0, 0.05) is 5.69 Å². The monoisotopic (exact) mass is 240 g/mol. The maximum atomic E-state index is 6.25. The molecule has 2 nitrogen and oxygen atoms in total. The summed E-state index contributed by atoms with van der Waals surface area (Å²) < 4.78 is 0. The third kappa shape index (κ3) is 2.71. The Morgan fingerprint density at radius 3 is 1.56 bits per heavy atom. The Labute approximate surface area is 109 Å². The number of benzene rings is 2. The Kier molecular flexibility index (Phi) is 3.68. The van der Waals surface area contributed by atoms with Crippen molar-refractivity contribution in [1.82, 2.24) is 0 Å². The lowest BCUT2D eigenvalue weighted by Crippen LogP contribution is -2.11. The van der Waals surface area contributed by atoms with Gasteiger partial charge in [-0.3, -0.25) is 0 Å². The summed E-state index contributed by atoms with van der Waals surface area (Å²) in [4.78, 5) is 0. The van der Waals surface area contributed by atoms with Crippen LogP contribution in [0.3, 0.4) is 0 Å². The second kappa shape index (κ2) is 5.23. The van der Waals surface area contributed by atoms with Gasteiger partial charge in [0.25, 0.3) is 0 Å². The van der Waals surface area contributed by atoms with E-state index in [4.69, 9.17) is 11.5 Å². The number of hydrogen-bond donors (Lipinski definition) is 2. The van der Waals surface area contributed by atoms with Crippen LogP contribution in [0.1, 0.15) is 42.5 Å². The molecule has 1 unspecified atom stereocenters. The molecule has 0 aliphatic rings. The fourth-order valence-electron chi connectivity index (χ4n) is 1.98. The Morgan fingerprint density at radius 1 is 0.722 bits per heavy atom. The lowest BCUT2D eigenvalue weighted by atomic mass is 9.96. The molecule has 2 rings (SSSR count). The molecule has 18 heavy (non-hydrogen) atoms. The van der Waals surface area contributed by atoms with E-state index in [1.54, 1.807) is 0 Å². The SMILES string of the molecule is CC(C)c1ccc(C(N)c2ccc(N)cc2)cc1. The first-order valence-electron chi connectivity index (χ1n) is 6.29. The minimum atomic E-state index is -0.0909. The van der Waals surface area contributed by atoms with Crippen LogP contribution in [0, 0.1) is 0 Å². The van der Waals surface area contributed by atoms with Crippen LogP contribution < -0.4 is 11.5 Å². The zero-order valence-corrected chi connectivity index (χ0v) is 10.9. The van der Waals surface area contributed by atoms with Crippen LogP contribution in [-0.4, -0.2) is 0 Å². The lowest BCUT2D eigenvalue weighted by Gasteiger charge is -2.14. The molecular weight excluding hydrogens is 220 g/mol. The molecule has 0 fully saturated rings. The number of nitrogens with two attached hydrogens (primary N) is 2. The quantitative estimate of drug-likeness (QED) is 0.807. The van der Waals surface area contributed by atoms with E-state index < -0.39 is 0 Å². The van der Waals surface area contributed by atoms with Crippen LogP contribution in [0.25, 0.3) is 0 Å². The fraction of sp³-hybridized carbons (Fsp3) is 0.250. The van der Waals surface area contributed by atoms with Gasteiger partial charge in [0.05, 0.1) is 6.04 Å². The first-order chi connectivity index (χ1) is 8.58. The van der Waals surface area contributed by atoms with Crippen molar-refractivity contribution in [3.63, 3.8) is 0 Å². The van der Waals surface area contributed by atoms with Gasteiger partial charge in [-0.1, -0.05) is 50.2 Å². The predicted molar refractivity (Wildman–Crippen MR) is 77.4 cm³/mol. The molecule has 2 heteroatoms. The van der Waals surface area contributed by atoms with E-state index in [0.29, 0.717) is 5.92 Å². The van der Waals surface area contributed by atoms with Gasteiger partial charge >= 0.3 is 0 Å². The van der Waals surface area contributed by atoms with Crippen LogP contribution in [0.5, 0.6) is 0 Å². The van der Waals surface area contributed by atoms with Crippen molar-refractivity contribution in [2.45, 2.75) is 25.8 Å². The van der Waals surface area contributed by atoms with Gasteiger partial charge in [-0.2, -0.15) is 0 Å². The highest BCUT2D eigenvalue weighted by atomic mass is 14.6. The smallest absolute Gasteiger partial charge is 0.0551 e. The van der Waals surface area contributed by atoms with E-state index in [9.17, 15) is 0 Å². The Hall–Kier alpha value is -1.80. The Bertz CT molecular complexity index is 498. The highest BCUT2D eigenvalue weighted by Gasteiger charge is 2.09. The largest absolute Gasteiger partial charge is 0.399 e. The summed E-state index contributed by atoms with van der Waals surface area (Å²) in [5.41, 5.74) is 16.2. The van der Waals surface area contributed by atoms with Crippen molar-refractivity contribution in [2.75, 3.05) is 5.73 Å². The molecule has 0 radical (unpaired) electrons. The second-order valence-electron chi connectivity index (χ2n) is 4.97. The Balaban J connectivity index is 2.23. The standard InChI is InChI=1S/C16H20N2/c1-11(2)12-3-5-13(6-4-12)16(18)14-7-9-15(17)10-8-14/h3-11,16H,17-18H2,1-2H3. The molecule has 0 saturated heterocycles. The molecule has 0 saturated carbocycles. The van der Waals surface area contributed by atoms with Crippen molar-refractivity contribution < 1.29 is 0 Å². The van der Waals surface area contributed by atoms with Gasteiger partial charge in [0.1, 0.15) is 0 Å². The molecule has 0 bridgehead atoms. The number of hydrogen-bond acceptors (Lipinski definition) is 2.